The van der Waals surface area contributed by atoms with Gasteiger partial charge in [0.2, 0.25) is 15.9 Å². The zero-order chi connectivity index (χ0) is 12.6. The highest BCUT2D eigenvalue weighted by Crippen LogP contribution is 2.20. The fourth-order valence-electron chi connectivity index (χ4n) is 1.52. The maximum Gasteiger partial charge on any atom is 0.249 e. The van der Waals surface area contributed by atoms with Crippen LogP contribution in [0.3, 0.4) is 0 Å². The van der Waals surface area contributed by atoms with E-state index in [1.54, 1.807) is 0 Å². The zero-order valence-corrected chi connectivity index (χ0v) is 9.44. The first-order valence-corrected chi connectivity index (χ1v) is 6.15. The SMILES string of the molecule is NC(=O)c1ccnc2ccc(S(N)(=O)=O)cc12. The topological polar surface area (TPSA) is 116 Å². The summed E-state index contributed by atoms with van der Waals surface area (Å²) in [5, 5.41) is 5.38. The molecule has 6 nitrogen and oxygen atoms in total. The van der Waals surface area contributed by atoms with Crippen LogP contribution in [0.5, 0.6) is 0 Å². The second kappa shape index (κ2) is 3.79. The van der Waals surface area contributed by atoms with Crippen LogP contribution < -0.4 is 10.9 Å². The van der Waals surface area contributed by atoms with E-state index in [-0.39, 0.29) is 10.5 Å². The van der Waals surface area contributed by atoms with Crippen LogP contribution >= 0.6 is 0 Å². The summed E-state index contributed by atoms with van der Waals surface area (Å²) in [5.41, 5.74) is 5.88. The van der Waals surface area contributed by atoms with Gasteiger partial charge in [-0.15, -0.1) is 0 Å². The van der Waals surface area contributed by atoms with Crippen LogP contribution in [0.4, 0.5) is 0 Å². The Kier molecular flexibility index (Phi) is 2.56. The number of nitrogens with two attached hydrogens (primary N) is 2. The van der Waals surface area contributed by atoms with E-state index in [0.717, 1.165) is 0 Å². The average molecular weight is 251 g/mol. The van der Waals surface area contributed by atoms with Crippen molar-refractivity contribution in [3.8, 4) is 0 Å². The highest BCUT2D eigenvalue weighted by Gasteiger charge is 2.12. The van der Waals surface area contributed by atoms with Crippen molar-refractivity contribution in [2.24, 2.45) is 10.9 Å². The molecular weight excluding hydrogens is 242 g/mol. The van der Waals surface area contributed by atoms with Crippen molar-refractivity contribution in [3.63, 3.8) is 0 Å². The third-order valence-corrected chi connectivity index (χ3v) is 3.22. The van der Waals surface area contributed by atoms with Crippen LogP contribution in [-0.4, -0.2) is 19.3 Å². The number of fused-ring (bicyclic) bond motifs is 1. The number of carbonyl (C=O) groups is 1. The van der Waals surface area contributed by atoms with Gasteiger partial charge in [-0.1, -0.05) is 0 Å². The molecule has 17 heavy (non-hydrogen) atoms. The van der Waals surface area contributed by atoms with Crippen molar-refractivity contribution in [2.75, 3.05) is 0 Å². The van der Waals surface area contributed by atoms with Gasteiger partial charge in [-0.2, -0.15) is 0 Å². The number of nitrogens with zero attached hydrogens (tertiary/aromatic N) is 1. The molecule has 1 aromatic heterocycles. The van der Waals surface area contributed by atoms with Crippen molar-refractivity contribution in [2.45, 2.75) is 4.90 Å². The third-order valence-electron chi connectivity index (χ3n) is 2.31. The summed E-state index contributed by atoms with van der Waals surface area (Å²) in [7, 11) is -3.82. The number of pyridine rings is 1. The molecule has 0 unspecified atom stereocenters. The molecule has 4 N–H and O–H groups in total. The number of amides is 1. The molecule has 7 heteroatoms. The number of carbonyl (C=O) groups excluding carboxylic acids is 1. The van der Waals surface area contributed by atoms with Crippen LogP contribution in [0, 0.1) is 0 Å². The number of rotatable bonds is 2. The second-order valence-electron chi connectivity index (χ2n) is 3.45. The van der Waals surface area contributed by atoms with E-state index >= 15 is 0 Å². The number of benzene rings is 1. The van der Waals surface area contributed by atoms with E-state index < -0.39 is 15.9 Å². The number of primary sulfonamides is 1. The minimum atomic E-state index is -3.82. The first-order chi connectivity index (χ1) is 7.89. The van der Waals surface area contributed by atoms with Gasteiger partial charge < -0.3 is 5.73 Å². The van der Waals surface area contributed by atoms with Gasteiger partial charge in [0, 0.05) is 11.6 Å². The monoisotopic (exact) mass is 251 g/mol. The van der Waals surface area contributed by atoms with E-state index in [4.69, 9.17) is 10.9 Å². The van der Waals surface area contributed by atoms with E-state index in [9.17, 15) is 13.2 Å². The van der Waals surface area contributed by atoms with Gasteiger partial charge in [0.1, 0.15) is 0 Å². The predicted octanol–water partition coefficient (Wildman–Crippen LogP) is -0.0189. The van der Waals surface area contributed by atoms with Gasteiger partial charge in [0.25, 0.3) is 0 Å². The number of primary amides is 1. The van der Waals surface area contributed by atoms with Crippen LogP contribution in [0.1, 0.15) is 10.4 Å². The molecule has 0 bridgehead atoms. The minimum Gasteiger partial charge on any atom is -0.366 e. The quantitative estimate of drug-likeness (QED) is 0.780. The molecule has 0 radical (unpaired) electrons. The molecule has 2 aromatic rings. The summed E-state index contributed by atoms with van der Waals surface area (Å²) in [4.78, 5) is 15.1. The Balaban J connectivity index is 2.84. The molecule has 0 aliphatic carbocycles. The van der Waals surface area contributed by atoms with E-state index in [2.05, 4.69) is 4.98 Å². The molecule has 0 spiro atoms. The van der Waals surface area contributed by atoms with Crippen LogP contribution in [0.25, 0.3) is 10.9 Å². The smallest absolute Gasteiger partial charge is 0.249 e. The van der Waals surface area contributed by atoms with Gasteiger partial charge in [-0.25, -0.2) is 13.6 Å². The van der Waals surface area contributed by atoms with Gasteiger partial charge in [0.05, 0.1) is 16.0 Å². The first kappa shape index (κ1) is 11.5. The summed E-state index contributed by atoms with van der Waals surface area (Å²) < 4.78 is 22.4. The van der Waals surface area contributed by atoms with E-state index in [1.807, 2.05) is 0 Å². The Hall–Kier alpha value is -1.99. The molecule has 2 rings (SSSR count). The molecule has 0 fully saturated rings. The number of hydrogen-bond donors (Lipinski definition) is 2. The predicted molar refractivity (Wildman–Crippen MR) is 61.6 cm³/mol. The Bertz CT molecular complexity index is 710. The second-order valence-corrected chi connectivity index (χ2v) is 5.01. The summed E-state index contributed by atoms with van der Waals surface area (Å²) in [6, 6.07) is 5.52. The Morgan fingerprint density at radius 2 is 1.94 bits per heavy atom. The highest BCUT2D eigenvalue weighted by molar-refractivity contribution is 7.89. The molecule has 0 saturated heterocycles. The van der Waals surface area contributed by atoms with Gasteiger partial charge in [0.15, 0.2) is 0 Å². The number of aromatic nitrogens is 1. The molecule has 88 valence electrons. The van der Waals surface area contributed by atoms with Crippen molar-refractivity contribution >= 4 is 26.8 Å². The number of hydrogen-bond acceptors (Lipinski definition) is 4. The van der Waals surface area contributed by atoms with Crippen molar-refractivity contribution < 1.29 is 13.2 Å². The lowest BCUT2D eigenvalue weighted by Crippen LogP contribution is -2.14. The fourth-order valence-corrected chi connectivity index (χ4v) is 2.06. The van der Waals surface area contributed by atoms with E-state index in [0.29, 0.717) is 10.9 Å². The third kappa shape index (κ3) is 2.10. The summed E-state index contributed by atoms with van der Waals surface area (Å²) >= 11 is 0. The lowest BCUT2D eigenvalue weighted by molar-refractivity contribution is 0.100. The van der Waals surface area contributed by atoms with E-state index in [1.165, 1.54) is 30.5 Å². The number of sulfonamides is 1. The van der Waals surface area contributed by atoms with Crippen molar-refractivity contribution in [1.82, 2.24) is 4.98 Å². The normalized spacial score (nSPS) is 11.6. The molecule has 0 atom stereocenters. The zero-order valence-electron chi connectivity index (χ0n) is 8.62. The maximum atomic E-state index is 11.2. The summed E-state index contributed by atoms with van der Waals surface area (Å²) in [6.45, 7) is 0. The molecule has 0 saturated carbocycles. The average Bonchev–Trinajstić information content (AvgIpc) is 2.26. The fraction of sp³-hybridized carbons (Fsp3) is 0. The molecule has 1 heterocycles. The molecule has 1 aromatic carbocycles. The first-order valence-electron chi connectivity index (χ1n) is 4.61. The van der Waals surface area contributed by atoms with Gasteiger partial charge in [-0.3, -0.25) is 9.78 Å². The lowest BCUT2D eigenvalue weighted by atomic mass is 10.1. The van der Waals surface area contributed by atoms with Crippen LogP contribution in [0.2, 0.25) is 0 Å². The van der Waals surface area contributed by atoms with Crippen LogP contribution in [0.15, 0.2) is 35.4 Å². The van der Waals surface area contributed by atoms with Crippen LogP contribution in [-0.2, 0) is 10.0 Å². The summed E-state index contributed by atoms with van der Waals surface area (Å²) in [5.74, 6) is -0.649. The Labute approximate surface area is 97.3 Å². The minimum absolute atomic E-state index is 0.0829. The largest absolute Gasteiger partial charge is 0.366 e. The summed E-state index contributed by atoms with van der Waals surface area (Å²) in [6.07, 6.45) is 1.43. The van der Waals surface area contributed by atoms with Gasteiger partial charge in [-0.05, 0) is 24.3 Å². The molecule has 1 amide bonds. The highest BCUT2D eigenvalue weighted by atomic mass is 32.2. The molecule has 0 aliphatic rings. The van der Waals surface area contributed by atoms with Crippen molar-refractivity contribution in [3.05, 3.63) is 36.0 Å². The van der Waals surface area contributed by atoms with Gasteiger partial charge >= 0.3 is 0 Å². The standard InChI is InChI=1S/C10H9N3O3S/c11-10(14)7-3-4-13-9-2-1-6(5-8(7)9)17(12,15)16/h1-5H,(H2,11,14)(H2,12,15,16). The Morgan fingerprint density at radius 3 is 2.53 bits per heavy atom. The molecule has 0 aliphatic heterocycles. The van der Waals surface area contributed by atoms with Crippen molar-refractivity contribution in [1.29, 1.82) is 0 Å². The Morgan fingerprint density at radius 1 is 1.24 bits per heavy atom. The maximum absolute atomic E-state index is 11.2. The lowest BCUT2D eigenvalue weighted by Gasteiger charge is -2.04. The molecular formula is C10H9N3O3S.